The first-order chi connectivity index (χ1) is 6.74. The average Bonchev–Trinajstić information content (AvgIpc) is 2.15. The molecule has 0 bridgehead atoms. The van der Waals surface area contributed by atoms with Gasteiger partial charge in [-0.1, -0.05) is 33.6 Å². The first-order valence-corrected chi connectivity index (χ1v) is 5.96. The van der Waals surface area contributed by atoms with E-state index in [2.05, 4.69) is 26.1 Å². The molecular formula is C12H27NO. The van der Waals surface area contributed by atoms with Crippen molar-refractivity contribution in [3.63, 3.8) is 0 Å². The Morgan fingerprint density at radius 1 is 1.14 bits per heavy atom. The van der Waals surface area contributed by atoms with Crippen LogP contribution in [0.3, 0.4) is 0 Å². The van der Waals surface area contributed by atoms with E-state index >= 15 is 0 Å². The smallest absolute Gasteiger partial charge is 0.0615 e. The van der Waals surface area contributed by atoms with Crippen molar-refractivity contribution in [2.75, 3.05) is 20.3 Å². The molecule has 86 valence electrons. The molecule has 0 aromatic heterocycles. The van der Waals surface area contributed by atoms with Crippen LogP contribution < -0.4 is 5.32 Å². The zero-order valence-corrected chi connectivity index (χ0v) is 10.3. The molecule has 0 aliphatic rings. The fraction of sp³-hybridized carbons (Fsp3) is 1.00. The molecule has 0 radical (unpaired) electrons. The van der Waals surface area contributed by atoms with Crippen molar-refractivity contribution in [3.05, 3.63) is 0 Å². The Balaban J connectivity index is 3.57. The van der Waals surface area contributed by atoms with Gasteiger partial charge in [-0.3, -0.25) is 0 Å². The van der Waals surface area contributed by atoms with Gasteiger partial charge in [-0.2, -0.15) is 0 Å². The van der Waals surface area contributed by atoms with Gasteiger partial charge in [-0.05, 0) is 25.3 Å². The van der Waals surface area contributed by atoms with E-state index in [4.69, 9.17) is 4.74 Å². The highest BCUT2D eigenvalue weighted by molar-refractivity contribution is 4.67. The van der Waals surface area contributed by atoms with Crippen molar-refractivity contribution in [2.45, 2.75) is 52.5 Å². The van der Waals surface area contributed by atoms with E-state index < -0.39 is 0 Å². The summed E-state index contributed by atoms with van der Waals surface area (Å²) in [6, 6.07) is 0.546. The van der Waals surface area contributed by atoms with Crippen LogP contribution in [0.5, 0.6) is 0 Å². The van der Waals surface area contributed by atoms with E-state index in [1.165, 1.54) is 25.7 Å². The predicted octanol–water partition coefficient (Wildman–Crippen LogP) is 2.83. The van der Waals surface area contributed by atoms with Crippen molar-refractivity contribution in [2.24, 2.45) is 5.92 Å². The lowest BCUT2D eigenvalue weighted by atomic mass is 10.1. The minimum absolute atomic E-state index is 0.546. The Labute approximate surface area is 89.4 Å². The molecular weight excluding hydrogens is 174 g/mol. The highest BCUT2D eigenvalue weighted by atomic mass is 16.5. The molecule has 2 atom stereocenters. The van der Waals surface area contributed by atoms with Gasteiger partial charge in [0.05, 0.1) is 6.61 Å². The molecule has 0 saturated carbocycles. The maximum Gasteiger partial charge on any atom is 0.0615 e. The number of ether oxygens (including phenoxy) is 1. The van der Waals surface area contributed by atoms with Gasteiger partial charge in [0.2, 0.25) is 0 Å². The molecule has 0 amide bonds. The van der Waals surface area contributed by atoms with Gasteiger partial charge in [0.25, 0.3) is 0 Å². The molecule has 1 N–H and O–H groups in total. The van der Waals surface area contributed by atoms with E-state index in [1.54, 1.807) is 7.11 Å². The lowest BCUT2D eigenvalue weighted by molar-refractivity contribution is 0.159. The topological polar surface area (TPSA) is 21.3 Å². The molecule has 2 nitrogen and oxygen atoms in total. The van der Waals surface area contributed by atoms with Gasteiger partial charge in [0.15, 0.2) is 0 Å². The van der Waals surface area contributed by atoms with Crippen LogP contribution in [0.15, 0.2) is 0 Å². The normalized spacial score (nSPS) is 15.4. The molecule has 14 heavy (non-hydrogen) atoms. The van der Waals surface area contributed by atoms with Crippen LogP contribution in [0.4, 0.5) is 0 Å². The Kier molecular flexibility index (Phi) is 9.42. The summed E-state index contributed by atoms with van der Waals surface area (Å²) in [5.41, 5.74) is 0. The van der Waals surface area contributed by atoms with E-state index in [0.717, 1.165) is 19.1 Å². The third kappa shape index (κ3) is 7.34. The van der Waals surface area contributed by atoms with Crippen LogP contribution in [0.2, 0.25) is 0 Å². The van der Waals surface area contributed by atoms with Gasteiger partial charge in [0.1, 0.15) is 0 Å². The van der Waals surface area contributed by atoms with Crippen LogP contribution in [0, 0.1) is 5.92 Å². The molecule has 2 heteroatoms. The first-order valence-electron chi connectivity index (χ1n) is 5.96. The maximum atomic E-state index is 5.19. The molecule has 0 rings (SSSR count). The quantitative estimate of drug-likeness (QED) is 0.619. The summed E-state index contributed by atoms with van der Waals surface area (Å²) in [6.07, 6.45) is 5.04. The van der Waals surface area contributed by atoms with Crippen molar-refractivity contribution in [1.82, 2.24) is 5.32 Å². The van der Waals surface area contributed by atoms with Crippen molar-refractivity contribution >= 4 is 0 Å². The highest BCUT2D eigenvalue weighted by Gasteiger charge is 2.08. The second-order valence-electron chi connectivity index (χ2n) is 4.24. The van der Waals surface area contributed by atoms with Gasteiger partial charge < -0.3 is 10.1 Å². The third-order valence-electron chi connectivity index (χ3n) is 2.54. The highest BCUT2D eigenvalue weighted by Crippen LogP contribution is 2.04. The summed E-state index contributed by atoms with van der Waals surface area (Å²) >= 11 is 0. The van der Waals surface area contributed by atoms with Gasteiger partial charge in [-0.15, -0.1) is 0 Å². The van der Waals surface area contributed by atoms with Gasteiger partial charge >= 0.3 is 0 Å². The van der Waals surface area contributed by atoms with E-state index in [-0.39, 0.29) is 0 Å². The molecule has 0 aliphatic heterocycles. The second kappa shape index (κ2) is 9.47. The Morgan fingerprint density at radius 3 is 2.29 bits per heavy atom. The number of nitrogens with one attached hydrogen (secondary N) is 1. The molecule has 0 aromatic rings. The maximum absolute atomic E-state index is 5.19. The van der Waals surface area contributed by atoms with Crippen molar-refractivity contribution < 1.29 is 4.74 Å². The predicted molar refractivity (Wildman–Crippen MR) is 62.6 cm³/mol. The fourth-order valence-electron chi connectivity index (χ4n) is 1.76. The third-order valence-corrected chi connectivity index (χ3v) is 2.54. The molecule has 2 unspecified atom stereocenters. The Hall–Kier alpha value is -0.0800. The monoisotopic (exact) mass is 201 g/mol. The minimum atomic E-state index is 0.546. The van der Waals surface area contributed by atoms with Crippen LogP contribution in [0.1, 0.15) is 46.5 Å². The summed E-state index contributed by atoms with van der Waals surface area (Å²) in [5, 5.41) is 3.58. The summed E-state index contributed by atoms with van der Waals surface area (Å²) in [7, 11) is 1.78. The molecule has 0 spiro atoms. The van der Waals surface area contributed by atoms with Crippen LogP contribution >= 0.6 is 0 Å². The SMILES string of the molecule is CCCC(C)CNC(CCC)COC. The fourth-order valence-corrected chi connectivity index (χ4v) is 1.76. The minimum Gasteiger partial charge on any atom is -0.383 e. The number of methoxy groups -OCH3 is 1. The summed E-state index contributed by atoms with van der Waals surface area (Å²) < 4.78 is 5.19. The first kappa shape index (κ1) is 13.9. The van der Waals surface area contributed by atoms with E-state index in [0.29, 0.717) is 6.04 Å². The number of hydrogen-bond acceptors (Lipinski definition) is 2. The molecule has 0 saturated heterocycles. The van der Waals surface area contributed by atoms with Gasteiger partial charge in [-0.25, -0.2) is 0 Å². The van der Waals surface area contributed by atoms with E-state index in [9.17, 15) is 0 Å². The Bertz CT molecular complexity index is 111. The zero-order chi connectivity index (χ0) is 10.8. The molecule has 0 aromatic carbocycles. The van der Waals surface area contributed by atoms with Crippen LogP contribution in [0.25, 0.3) is 0 Å². The lowest BCUT2D eigenvalue weighted by Crippen LogP contribution is -2.36. The zero-order valence-electron chi connectivity index (χ0n) is 10.3. The lowest BCUT2D eigenvalue weighted by Gasteiger charge is -2.19. The average molecular weight is 201 g/mol. The second-order valence-corrected chi connectivity index (χ2v) is 4.24. The molecule has 0 aliphatic carbocycles. The number of hydrogen-bond donors (Lipinski definition) is 1. The van der Waals surface area contributed by atoms with E-state index in [1.807, 2.05) is 0 Å². The van der Waals surface area contributed by atoms with Crippen molar-refractivity contribution in [1.29, 1.82) is 0 Å². The summed E-state index contributed by atoms with van der Waals surface area (Å²) in [5.74, 6) is 0.788. The van der Waals surface area contributed by atoms with Crippen molar-refractivity contribution in [3.8, 4) is 0 Å². The molecule has 0 fully saturated rings. The molecule has 0 heterocycles. The summed E-state index contributed by atoms with van der Waals surface area (Å²) in [4.78, 5) is 0. The summed E-state index contributed by atoms with van der Waals surface area (Å²) in [6.45, 7) is 8.75. The van der Waals surface area contributed by atoms with Gasteiger partial charge in [0, 0.05) is 13.2 Å². The Morgan fingerprint density at radius 2 is 1.79 bits per heavy atom. The number of rotatable bonds is 9. The largest absolute Gasteiger partial charge is 0.383 e. The van der Waals surface area contributed by atoms with Crippen LogP contribution in [-0.2, 0) is 4.74 Å². The van der Waals surface area contributed by atoms with Crippen LogP contribution in [-0.4, -0.2) is 26.3 Å². The standard InChI is InChI=1S/C12H27NO/c1-5-7-11(3)9-13-12(8-6-2)10-14-4/h11-13H,5-10H2,1-4H3.